The van der Waals surface area contributed by atoms with Crippen LogP contribution in [0.1, 0.15) is 21.5 Å². The molecule has 0 heterocycles. The first-order chi connectivity index (χ1) is 12.3. The van der Waals surface area contributed by atoms with Crippen LogP contribution in [0.4, 0.5) is 10.5 Å². The van der Waals surface area contributed by atoms with Crippen molar-refractivity contribution >= 4 is 17.6 Å². The Hall–Kier alpha value is -3.22. The van der Waals surface area contributed by atoms with E-state index in [1.54, 1.807) is 50.4 Å². The fourth-order valence-electron chi connectivity index (χ4n) is 2.61. The van der Waals surface area contributed by atoms with Crippen molar-refractivity contribution in [2.24, 2.45) is 5.73 Å². The molecule has 0 fully saturated rings. The van der Waals surface area contributed by atoms with Crippen LogP contribution in [0, 0.1) is 6.92 Å². The van der Waals surface area contributed by atoms with Crippen molar-refractivity contribution in [2.75, 3.05) is 26.6 Å². The van der Waals surface area contributed by atoms with Crippen LogP contribution in [-0.4, -0.2) is 38.1 Å². The summed E-state index contributed by atoms with van der Waals surface area (Å²) in [5.74, 6) is 1.09. The highest BCUT2D eigenvalue weighted by Gasteiger charge is 2.16. The van der Waals surface area contributed by atoms with E-state index in [1.165, 1.54) is 0 Å². The first-order valence-corrected chi connectivity index (χ1v) is 7.99. The lowest BCUT2D eigenvalue weighted by Crippen LogP contribution is -2.27. The third-order valence-electron chi connectivity index (χ3n) is 3.97. The molecule has 138 valence electrons. The minimum absolute atomic E-state index is 0.174. The summed E-state index contributed by atoms with van der Waals surface area (Å²) < 4.78 is 10.6. The van der Waals surface area contributed by atoms with E-state index in [9.17, 15) is 9.59 Å². The number of benzene rings is 2. The average molecular weight is 357 g/mol. The zero-order valence-corrected chi connectivity index (χ0v) is 15.3. The molecule has 0 aliphatic carbocycles. The van der Waals surface area contributed by atoms with Gasteiger partial charge in [0, 0.05) is 24.8 Å². The Bertz CT molecular complexity index is 820. The highest BCUT2D eigenvalue weighted by molar-refractivity contribution is 5.96. The number of aryl methyl sites for hydroxylation is 1. The van der Waals surface area contributed by atoms with Crippen molar-refractivity contribution in [1.29, 1.82) is 0 Å². The van der Waals surface area contributed by atoms with Gasteiger partial charge in [-0.25, -0.2) is 4.79 Å². The molecule has 2 aromatic carbocycles. The summed E-state index contributed by atoms with van der Waals surface area (Å²) >= 11 is 0. The number of amides is 3. The molecule has 0 spiro atoms. The molecule has 0 bridgehead atoms. The maximum Gasteiger partial charge on any atom is 0.316 e. The van der Waals surface area contributed by atoms with Gasteiger partial charge < -0.3 is 25.4 Å². The number of rotatable bonds is 6. The molecule has 0 saturated carbocycles. The summed E-state index contributed by atoms with van der Waals surface area (Å²) in [5.41, 5.74) is 7.98. The maximum atomic E-state index is 12.7. The predicted octanol–water partition coefficient (Wildman–Crippen LogP) is 2.78. The van der Waals surface area contributed by atoms with Crippen molar-refractivity contribution in [3.63, 3.8) is 0 Å². The number of carbonyl (C=O) groups excluding carboxylic acids is 2. The van der Waals surface area contributed by atoms with E-state index < -0.39 is 6.03 Å². The van der Waals surface area contributed by atoms with Crippen LogP contribution in [0.25, 0.3) is 0 Å². The van der Waals surface area contributed by atoms with Gasteiger partial charge in [0.1, 0.15) is 0 Å². The summed E-state index contributed by atoms with van der Waals surface area (Å²) in [5, 5.41) is 2.46. The number of nitrogens with one attached hydrogen (secondary N) is 1. The van der Waals surface area contributed by atoms with Crippen LogP contribution in [0.5, 0.6) is 11.5 Å². The van der Waals surface area contributed by atoms with Gasteiger partial charge in [0.25, 0.3) is 5.91 Å². The van der Waals surface area contributed by atoms with Crippen molar-refractivity contribution in [3.8, 4) is 11.5 Å². The van der Waals surface area contributed by atoms with Crippen molar-refractivity contribution < 1.29 is 19.1 Å². The van der Waals surface area contributed by atoms with Crippen LogP contribution in [0.2, 0.25) is 0 Å². The first-order valence-electron chi connectivity index (χ1n) is 7.99. The van der Waals surface area contributed by atoms with Crippen molar-refractivity contribution in [2.45, 2.75) is 13.5 Å². The largest absolute Gasteiger partial charge is 0.493 e. The highest BCUT2D eigenvalue weighted by atomic mass is 16.5. The standard InChI is InChI=1S/C19H23N3O4/c1-12-8-16(25-3)17(26-4)10-14(12)11-22(2)18(23)13-6-5-7-15(9-13)21-19(20)24/h5-10H,11H2,1-4H3,(H3,20,21,24). The van der Waals surface area contributed by atoms with Crippen LogP contribution >= 0.6 is 0 Å². The lowest BCUT2D eigenvalue weighted by Gasteiger charge is -2.20. The number of urea groups is 1. The number of nitrogens with two attached hydrogens (primary N) is 1. The Morgan fingerprint density at radius 1 is 1.12 bits per heavy atom. The molecule has 0 aromatic heterocycles. The van der Waals surface area contributed by atoms with E-state index in [4.69, 9.17) is 15.2 Å². The van der Waals surface area contributed by atoms with E-state index in [-0.39, 0.29) is 5.91 Å². The molecule has 2 aromatic rings. The van der Waals surface area contributed by atoms with E-state index in [1.807, 2.05) is 19.1 Å². The molecule has 26 heavy (non-hydrogen) atoms. The Morgan fingerprint density at radius 2 is 1.77 bits per heavy atom. The number of nitrogens with zero attached hydrogens (tertiary/aromatic N) is 1. The van der Waals surface area contributed by atoms with Crippen LogP contribution < -0.4 is 20.5 Å². The second kappa shape index (κ2) is 8.24. The topological polar surface area (TPSA) is 93.9 Å². The third-order valence-corrected chi connectivity index (χ3v) is 3.97. The molecule has 2 rings (SSSR count). The molecule has 0 saturated heterocycles. The van der Waals surface area contributed by atoms with Gasteiger partial charge in [0.2, 0.25) is 0 Å². The zero-order valence-electron chi connectivity index (χ0n) is 15.3. The van der Waals surface area contributed by atoms with Crippen LogP contribution in [0.3, 0.4) is 0 Å². The molecule has 3 N–H and O–H groups in total. The Morgan fingerprint density at radius 3 is 2.38 bits per heavy atom. The molecular formula is C19H23N3O4. The molecule has 7 heteroatoms. The number of anilines is 1. The quantitative estimate of drug-likeness (QED) is 0.831. The van der Waals surface area contributed by atoms with Gasteiger partial charge in [0.05, 0.1) is 14.2 Å². The monoisotopic (exact) mass is 357 g/mol. The minimum Gasteiger partial charge on any atom is -0.493 e. The van der Waals surface area contributed by atoms with Crippen LogP contribution in [0.15, 0.2) is 36.4 Å². The Kier molecular flexibility index (Phi) is 6.06. The number of ether oxygens (including phenoxy) is 2. The fourth-order valence-corrected chi connectivity index (χ4v) is 2.61. The SMILES string of the molecule is COc1cc(C)c(CN(C)C(=O)c2cccc(NC(N)=O)c2)cc1OC. The Balaban J connectivity index is 2.20. The second-order valence-electron chi connectivity index (χ2n) is 5.86. The van der Waals surface area contributed by atoms with Crippen LogP contribution in [-0.2, 0) is 6.54 Å². The normalized spacial score (nSPS) is 10.2. The summed E-state index contributed by atoms with van der Waals surface area (Å²) in [7, 11) is 4.87. The smallest absolute Gasteiger partial charge is 0.316 e. The number of methoxy groups -OCH3 is 2. The van der Waals surface area contributed by atoms with Gasteiger partial charge >= 0.3 is 6.03 Å². The fraction of sp³-hybridized carbons (Fsp3) is 0.263. The molecule has 3 amide bonds. The van der Waals surface area contributed by atoms with E-state index in [2.05, 4.69) is 5.32 Å². The minimum atomic E-state index is -0.677. The van der Waals surface area contributed by atoms with Gasteiger partial charge in [-0.15, -0.1) is 0 Å². The molecule has 0 aliphatic heterocycles. The van der Waals surface area contributed by atoms with E-state index >= 15 is 0 Å². The van der Waals surface area contributed by atoms with E-state index in [0.29, 0.717) is 29.3 Å². The first kappa shape index (κ1) is 19.1. The number of primary amides is 1. The van der Waals surface area contributed by atoms with Crippen molar-refractivity contribution in [3.05, 3.63) is 53.1 Å². The molecule has 0 atom stereocenters. The lowest BCUT2D eigenvalue weighted by molar-refractivity contribution is 0.0785. The molecular weight excluding hydrogens is 334 g/mol. The lowest BCUT2D eigenvalue weighted by atomic mass is 10.1. The summed E-state index contributed by atoms with van der Waals surface area (Å²) in [6.07, 6.45) is 0. The Labute approximate surface area is 152 Å². The summed E-state index contributed by atoms with van der Waals surface area (Å²) in [4.78, 5) is 25.3. The molecule has 0 radical (unpaired) electrons. The number of hydrogen-bond donors (Lipinski definition) is 2. The van der Waals surface area contributed by atoms with Crippen molar-refractivity contribution in [1.82, 2.24) is 4.90 Å². The number of carbonyl (C=O) groups is 2. The summed E-state index contributed by atoms with van der Waals surface area (Å²) in [6.45, 7) is 2.35. The van der Waals surface area contributed by atoms with Gasteiger partial charge in [-0.05, 0) is 48.4 Å². The third kappa shape index (κ3) is 4.44. The predicted molar refractivity (Wildman–Crippen MR) is 99.7 cm³/mol. The average Bonchev–Trinajstić information content (AvgIpc) is 2.61. The molecule has 7 nitrogen and oxygen atoms in total. The summed E-state index contributed by atoms with van der Waals surface area (Å²) in [6, 6.07) is 9.70. The van der Waals surface area contributed by atoms with Gasteiger partial charge in [-0.1, -0.05) is 6.07 Å². The molecule has 0 aliphatic rings. The van der Waals surface area contributed by atoms with E-state index in [0.717, 1.165) is 11.1 Å². The number of hydrogen-bond acceptors (Lipinski definition) is 4. The molecule has 0 unspecified atom stereocenters. The second-order valence-corrected chi connectivity index (χ2v) is 5.86. The van der Waals surface area contributed by atoms with Gasteiger partial charge in [-0.2, -0.15) is 0 Å². The highest BCUT2D eigenvalue weighted by Crippen LogP contribution is 2.30. The van der Waals surface area contributed by atoms with Gasteiger partial charge in [-0.3, -0.25) is 4.79 Å². The van der Waals surface area contributed by atoms with Gasteiger partial charge in [0.15, 0.2) is 11.5 Å². The maximum absolute atomic E-state index is 12.7. The zero-order chi connectivity index (χ0) is 19.3.